The van der Waals surface area contributed by atoms with Crippen LogP contribution in [0.1, 0.15) is 36.1 Å². The molecule has 102 valence electrons. The molecule has 0 aliphatic carbocycles. The molecule has 4 heteroatoms. The SMILES string of the molecule is Cc1ccc(C(CN)N2CCSC(C)(C)CC2)s1. The molecule has 2 rings (SSSR count). The predicted octanol–water partition coefficient (Wildman–Crippen LogP) is 3.27. The fourth-order valence-electron chi connectivity index (χ4n) is 2.43. The summed E-state index contributed by atoms with van der Waals surface area (Å²) in [7, 11) is 0. The molecule has 0 bridgehead atoms. The van der Waals surface area contributed by atoms with Crippen molar-refractivity contribution in [2.24, 2.45) is 5.73 Å². The van der Waals surface area contributed by atoms with Crippen molar-refractivity contribution < 1.29 is 0 Å². The summed E-state index contributed by atoms with van der Waals surface area (Å²) in [5, 5.41) is 0. The molecule has 18 heavy (non-hydrogen) atoms. The molecule has 0 aromatic carbocycles. The molecule has 0 saturated carbocycles. The Kier molecular flexibility index (Phi) is 4.75. The lowest BCUT2D eigenvalue weighted by Crippen LogP contribution is -2.35. The zero-order valence-electron chi connectivity index (χ0n) is 11.6. The van der Waals surface area contributed by atoms with Gasteiger partial charge < -0.3 is 5.73 Å². The van der Waals surface area contributed by atoms with Crippen molar-refractivity contribution in [3.63, 3.8) is 0 Å². The summed E-state index contributed by atoms with van der Waals surface area (Å²) in [6.07, 6.45) is 1.25. The lowest BCUT2D eigenvalue weighted by molar-refractivity contribution is 0.213. The van der Waals surface area contributed by atoms with E-state index in [1.54, 1.807) is 0 Å². The minimum absolute atomic E-state index is 0.415. The van der Waals surface area contributed by atoms with Gasteiger partial charge in [0.15, 0.2) is 0 Å². The third-order valence-electron chi connectivity index (χ3n) is 3.63. The highest BCUT2D eigenvalue weighted by atomic mass is 32.2. The lowest BCUT2D eigenvalue weighted by Gasteiger charge is -2.29. The molecule has 1 aliphatic heterocycles. The predicted molar refractivity (Wildman–Crippen MR) is 83.6 cm³/mol. The number of rotatable bonds is 3. The Bertz CT molecular complexity index is 387. The van der Waals surface area contributed by atoms with Crippen molar-refractivity contribution in [1.82, 2.24) is 4.90 Å². The van der Waals surface area contributed by atoms with Gasteiger partial charge in [-0.15, -0.1) is 11.3 Å². The normalized spacial score (nSPS) is 22.7. The van der Waals surface area contributed by atoms with E-state index in [0.29, 0.717) is 10.8 Å². The second-order valence-electron chi connectivity index (χ2n) is 5.59. The summed E-state index contributed by atoms with van der Waals surface area (Å²) in [6.45, 7) is 9.93. The van der Waals surface area contributed by atoms with Crippen molar-refractivity contribution in [1.29, 1.82) is 0 Å². The van der Waals surface area contributed by atoms with Crippen LogP contribution >= 0.6 is 23.1 Å². The highest BCUT2D eigenvalue weighted by Gasteiger charge is 2.28. The molecule has 1 unspecified atom stereocenters. The van der Waals surface area contributed by atoms with Crippen LogP contribution in [-0.2, 0) is 0 Å². The number of thioether (sulfide) groups is 1. The molecule has 0 radical (unpaired) electrons. The number of thiophene rings is 1. The Labute approximate surface area is 119 Å². The van der Waals surface area contributed by atoms with Crippen molar-refractivity contribution in [3.05, 3.63) is 21.9 Å². The monoisotopic (exact) mass is 284 g/mol. The first-order valence-corrected chi connectivity index (χ1v) is 8.46. The Morgan fingerprint density at radius 1 is 1.39 bits per heavy atom. The standard InChI is InChI=1S/C14H24N2S2/c1-11-4-5-13(18-11)12(10-15)16-7-6-14(2,3)17-9-8-16/h4-5,12H,6-10,15H2,1-3H3. The van der Waals surface area contributed by atoms with Gasteiger partial charge in [0, 0.05) is 39.9 Å². The Hall–Kier alpha value is -0.0300. The number of hydrogen-bond acceptors (Lipinski definition) is 4. The topological polar surface area (TPSA) is 29.3 Å². The largest absolute Gasteiger partial charge is 0.329 e. The minimum atomic E-state index is 0.415. The number of hydrogen-bond donors (Lipinski definition) is 1. The first kappa shape index (κ1) is 14.4. The van der Waals surface area contributed by atoms with Gasteiger partial charge in [-0.05, 0) is 25.5 Å². The van der Waals surface area contributed by atoms with Gasteiger partial charge in [-0.1, -0.05) is 13.8 Å². The molecule has 1 fully saturated rings. The van der Waals surface area contributed by atoms with Gasteiger partial charge in [0.1, 0.15) is 0 Å². The van der Waals surface area contributed by atoms with E-state index in [0.717, 1.165) is 13.1 Å². The van der Waals surface area contributed by atoms with Crippen LogP contribution in [-0.4, -0.2) is 35.0 Å². The molecular weight excluding hydrogens is 260 g/mol. The van der Waals surface area contributed by atoms with E-state index in [9.17, 15) is 0 Å². The van der Waals surface area contributed by atoms with Gasteiger partial charge in [-0.25, -0.2) is 0 Å². The fourth-order valence-corrected chi connectivity index (χ4v) is 4.56. The van der Waals surface area contributed by atoms with Crippen LogP contribution in [0, 0.1) is 6.92 Å². The summed E-state index contributed by atoms with van der Waals surface area (Å²) in [6, 6.07) is 4.87. The molecule has 0 amide bonds. The van der Waals surface area contributed by atoms with Crippen molar-refractivity contribution in [3.8, 4) is 0 Å². The first-order chi connectivity index (χ1) is 8.52. The van der Waals surface area contributed by atoms with E-state index in [4.69, 9.17) is 5.73 Å². The van der Waals surface area contributed by atoms with Crippen LogP contribution in [0.3, 0.4) is 0 Å². The number of aryl methyl sites for hydroxylation is 1. The van der Waals surface area contributed by atoms with Gasteiger partial charge >= 0.3 is 0 Å². The maximum absolute atomic E-state index is 6.02. The minimum Gasteiger partial charge on any atom is -0.329 e. The van der Waals surface area contributed by atoms with Crippen LogP contribution in [0.2, 0.25) is 0 Å². The van der Waals surface area contributed by atoms with E-state index >= 15 is 0 Å². The van der Waals surface area contributed by atoms with Gasteiger partial charge in [0.25, 0.3) is 0 Å². The van der Waals surface area contributed by atoms with Crippen molar-refractivity contribution in [2.75, 3.05) is 25.4 Å². The second-order valence-corrected chi connectivity index (χ2v) is 8.72. The van der Waals surface area contributed by atoms with Crippen LogP contribution in [0.15, 0.2) is 12.1 Å². The van der Waals surface area contributed by atoms with Crippen LogP contribution in [0.25, 0.3) is 0 Å². The molecule has 1 aliphatic rings. The maximum atomic E-state index is 6.02. The van der Waals surface area contributed by atoms with E-state index in [-0.39, 0.29) is 0 Å². The van der Waals surface area contributed by atoms with Crippen LogP contribution in [0.5, 0.6) is 0 Å². The Morgan fingerprint density at radius 3 is 2.78 bits per heavy atom. The summed E-state index contributed by atoms with van der Waals surface area (Å²) < 4.78 is 0.416. The third kappa shape index (κ3) is 3.50. The van der Waals surface area contributed by atoms with E-state index in [2.05, 4.69) is 49.6 Å². The smallest absolute Gasteiger partial charge is 0.0564 e. The second kappa shape index (κ2) is 5.95. The molecule has 0 spiro atoms. The maximum Gasteiger partial charge on any atom is 0.0564 e. The van der Waals surface area contributed by atoms with E-state index in [1.807, 2.05) is 11.3 Å². The third-order valence-corrected chi connectivity index (χ3v) is 6.10. The Balaban J connectivity index is 2.08. The molecule has 1 atom stereocenters. The molecule has 2 N–H and O–H groups in total. The van der Waals surface area contributed by atoms with E-state index < -0.39 is 0 Å². The van der Waals surface area contributed by atoms with E-state index in [1.165, 1.54) is 28.5 Å². The highest BCUT2D eigenvalue weighted by molar-refractivity contribution is 8.00. The van der Waals surface area contributed by atoms with Gasteiger partial charge in [-0.3, -0.25) is 4.90 Å². The highest BCUT2D eigenvalue weighted by Crippen LogP contribution is 2.34. The summed E-state index contributed by atoms with van der Waals surface area (Å²) in [4.78, 5) is 5.39. The van der Waals surface area contributed by atoms with Crippen LogP contribution < -0.4 is 5.73 Å². The molecule has 2 nitrogen and oxygen atoms in total. The zero-order valence-corrected chi connectivity index (χ0v) is 13.2. The van der Waals surface area contributed by atoms with Crippen molar-refractivity contribution >= 4 is 23.1 Å². The average molecular weight is 284 g/mol. The number of nitrogens with two attached hydrogens (primary N) is 1. The lowest BCUT2D eigenvalue weighted by atomic mass is 10.1. The fraction of sp³-hybridized carbons (Fsp3) is 0.714. The summed E-state index contributed by atoms with van der Waals surface area (Å²) in [5.74, 6) is 1.22. The molecule has 1 aromatic heterocycles. The average Bonchev–Trinajstić information content (AvgIpc) is 2.64. The van der Waals surface area contributed by atoms with Crippen LogP contribution in [0.4, 0.5) is 0 Å². The molecule has 1 aromatic rings. The van der Waals surface area contributed by atoms with Gasteiger partial charge in [-0.2, -0.15) is 11.8 Å². The Morgan fingerprint density at radius 2 is 2.17 bits per heavy atom. The van der Waals surface area contributed by atoms with Gasteiger partial charge in [0.05, 0.1) is 6.04 Å². The molecule has 2 heterocycles. The first-order valence-electron chi connectivity index (χ1n) is 6.66. The van der Waals surface area contributed by atoms with Crippen molar-refractivity contribution in [2.45, 2.75) is 38.0 Å². The number of nitrogens with zero attached hydrogens (tertiary/aromatic N) is 1. The van der Waals surface area contributed by atoms with Gasteiger partial charge in [0.2, 0.25) is 0 Å². The quantitative estimate of drug-likeness (QED) is 0.923. The zero-order chi connectivity index (χ0) is 13.2. The molecule has 1 saturated heterocycles. The summed E-state index contributed by atoms with van der Waals surface area (Å²) >= 11 is 3.99. The summed E-state index contributed by atoms with van der Waals surface area (Å²) in [5.41, 5.74) is 6.02. The molecular formula is C14H24N2S2.